The minimum atomic E-state index is 0.405. The molecule has 1 aromatic rings. The molecule has 0 saturated carbocycles. The average Bonchev–Trinajstić information content (AvgIpc) is 2.04. The molecule has 0 aromatic carbocycles. The molecule has 0 saturated heterocycles. The van der Waals surface area contributed by atoms with Crippen LogP contribution in [-0.2, 0) is 0 Å². The maximum absolute atomic E-state index is 5.30. The molecule has 0 amide bonds. The van der Waals surface area contributed by atoms with Gasteiger partial charge in [-0.25, -0.2) is 0 Å². The number of pyridine rings is 1. The van der Waals surface area contributed by atoms with Gasteiger partial charge < -0.3 is 0 Å². The molecule has 1 heteroatoms. The fraction of sp³-hybridized carbons (Fsp3) is 0.300. The maximum Gasteiger partial charge on any atom is 0.0585 e. The van der Waals surface area contributed by atoms with E-state index in [1.807, 2.05) is 12.1 Å². The first-order valence-electron chi connectivity index (χ1n) is 3.67. The molecular weight excluding hydrogens is 134 g/mol. The summed E-state index contributed by atoms with van der Waals surface area (Å²) in [5.74, 6) is 3.02. The van der Waals surface area contributed by atoms with E-state index in [1.54, 1.807) is 6.20 Å². The molecule has 0 spiro atoms. The van der Waals surface area contributed by atoms with Crippen molar-refractivity contribution in [1.29, 1.82) is 0 Å². The van der Waals surface area contributed by atoms with Gasteiger partial charge in [0.2, 0.25) is 0 Å². The summed E-state index contributed by atoms with van der Waals surface area (Å²) >= 11 is 0. The van der Waals surface area contributed by atoms with Crippen molar-refractivity contribution >= 4 is 0 Å². The van der Waals surface area contributed by atoms with Crippen molar-refractivity contribution < 1.29 is 0 Å². The number of rotatable bonds is 1. The molecule has 1 heterocycles. The fourth-order valence-corrected chi connectivity index (χ4v) is 1.000. The number of nitrogens with zero attached hydrogens (tertiary/aromatic N) is 1. The first-order chi connectivity index (χ1) is 5.25. The van der Waals surface area contributed by atoms with Gasteiger partial charge in [-0.15, -0.1) is 6.42 Å². The van der Waals surface area contributed by atoms with Crippen LogP contribution in [0.4, 0.5) is 0 Å². The van der Waals surface area contributed by atoms with Crippen molar-refractivity contribution in [3.05, 3.63) is 29.6 Å². The third kappa shape index (κ3) is 1.59. The molecule has 56 valence electrons. The molecule has 0 N–H and O–H groups in total. The van der Waals surface area contributed by atoms with E-state index < -0.39 is 0 Å². The summed E-state index contributed by atoms with van der Waals surface area (Å²) in [4.78, 5) is 4.21. The van der Waals surface area contributed by atoms with E-state index in [9.17, 15) is 0 Å². The Balaban J connectivity index is 3.15. The van der Waals surface area contributed by atoms with Crippen LogP contribution in [-0.4, -0.2) is 4.98 Å². The summed E-state index contributed by atoms with van der Waals surface area (Å²) in [6, 6.07) is 3.78. The van der Waals surface area contributed by atoms with Crippen molar-refractivity contribution in [3.63, 3.8) is 0 Å². The number of hydrogen-bond acceptors (Lipinski definition) is 1. The van der Waals surface area contributed by atoms with Crippen molar-refractivity contribution in [1.82, 2.24) is 4.98 Å². The van der Waals surface area contributed by atoms with E-state index in [0.717, 1.165) is 11.3 Å². The lowest BCUT2D eigenvalue weighted by Gasteiger charge is -2.05. The third-order valence-corrected chi connectivity index (χ3v) is 1.54. The Morgan fingerprint density at radius 1 is 1.55 bits per heavy atom. The summed E-state index contributed by atoms with van der Waals surface area (Å²) < 4.78 is 0. The van der Waals surface area contributed by atoms with Crippen LogP contribution in [0.25, 0.3) is 0 Å². The second-order valence-corrected chi connectivity index (χ2v) is 2.74. The summed E-state index contributed by atoms with van der Waals surface area (Å²) in [6.45, 7) is 4.17. The van der Waals surface area contributed by atoms with Gasteiger partial charge in [-0.2, -0.15) is 0 Å². The van der Waals surface area contributed by atoms with Crippen molar-refractivity contribution in [2.75, 3.05) is 0 Å². The molecule has 0 unspecified atom stereocenters. The first kappa shape index (κ1) is 7.81. The van der Waals surface area contributed by atoms with Crippen LogP contribution in [0.3, 0.4) is 0 Å². The Morgan fingerprint density at radius 3 is 2.73 bits per heavy atom. The lowest BCUT2D eigenvalue weighted by Crippen LogP contribution is -1.95. The molecule has 0 atom stereocenters. The van der Waals surface area contributed by atoms with Crippen LogP contribution >= 0.6 is 0 Å². The highest BCUT2D eigenvalue weighted by molar-refractivity contribution is 5.36. The van der Waals surface area contributed by atoms with Crippen LogP contribution in [0.2, 0.25) is 0 Å². The van der Waals surface area contributed by atoms with Crippen LogP contribution in [0.5, 0.6) is 0 Å². The molecule has 0 bridgehead atoms. The van der Waals surface area contributed by atoms with Crippen molar-refractivity contribution in [3.8, 4) is 12.3 Å². The minimum Gasteiger partial charge on any atom is -0.260 e. The van der Waals surface area contributed by atoms with Gasteiger partial charge in [0.15, 0.2) is 0 Å². The molecule has 1 aromatic heterocycles. The topological polar surface area (TPSA) is 12.9 Å². The average molecular weight is 145 g/mol. The Hall–Kier alpha value is -1.29. The monoisotopic (exact) mass is 145 g/mol. The smallest absolute Gasteiger partial charge is 0.0585 e. The van der Waals surface area contributed by atoms with Gasteiger partial charge in [0, 0.05) is 11.8 Å². The van der Waals surface area contributed by atoms with E-state index in [-0.39, 0.29) is 0 Å². The maximum atomic E-state index is 5.30. The molecule has 0 radical (unpaired) electrons. The minimum absolute atomic E-state index is 0.405. The lowest BCUT2D eigenvalue weighted by atomic mass is 10.0. The zero-order valence-corrected chi connectivity index (χ0v) is 6.83. The van der Waals surface area contributed by atoms with E-state index >= 15 is 0 Å². The van der Waals surface area contributed by atoms with Gasteiger partial charge in [0.05, 0.1) is 5.69 Å². The standard InChI is InChI=1S/C10H11N/c1-4-9-6-5-7-11-10(9)8(2)3/h1,5-8H,2-3H3. The second-order valence-electron chi connectivity index (χ2n) is 2.74. The molecule has 11 heavy (non-hydrogen) atoms. The van der Waals surface area contributed by atoms with Gasteiger partial charge in [-0.1, -0.05) is 19.8 Å². The zero-order valence-electron chi connectivity index (χ0n) is 6.83. The molecule has 1 rings (SSSR count). The van der Waals surface area contributed by atoms with Crippen LogP contribution < -0.4 is 0 Å². The highest BCUT2D eigenvalue weighted by atomic mass is 14.7. The highest BCUT2D eigenvalue weighted by Gasteiger charge is 2.03. The predicted octanol–water partition coefficient (Wildman–Crippen LogP) is 2.19. The van der Waals surface area contributed by atoms with Crippen LogP contribution in [0.1, 0.15) is 31.0 Å². The Kier molecular flexibility index (Phi) is 2.28. The van der Waals surface area contributed by atoms with E-state index in [4.69, 9.17) is 6.42 Å². The summed E-state index contributed by atoms with van der Waals surface area (Å²) in [6.07, 6.45) is 7.07. The van der Waals surface area contributed by atoms with E-state index in [0.29, 0.717) is 5.92 Å². The number of aromatic nitrogens is 1. The molecule has 0 fully saturated rings. The predicted molar refractivity (Wildman–Crippen MR) is 46.3 cm³/mol. The Morgan fingerprint density at radius 2 is 2.27 bits per heavy atom. The SMILES string of the molecule is C#Cc1cccnc1C(C)C. The highest BCUT2D eigenvalue weighted by Crippen LogP contribution is 2.14. The number of terminal acetylenes is 1. The molecule has 1 nitrogen and oxygen atoms in total. The van der Waals surface area contributed by atoms with Crippen LogP contribution in [0, 0.1) is 12.3 Å². The third-order valence-electron chi connectivity index (χ3n) is 1.54. The van der Waals surface area contributed by atoms with Gasteiger partial charge in [-0.05, 0) is 18.1 Å². The molecular formula is C10H11N. The molecule has 0 aliphatic heterocycles. The number of hydrogen-bond donors (Lipinski definition) is 0. The Labute approximate surface area is 67.5 Å². The van der Waals surface area contributed by atoms with E-state index in [1.165, 1.54) is 0 Å². The van der Waals surface area contributed by atoms with Gasteiger partial charge in [-0.3, -0.25) is 4.98 Å². The van der Waals surface area contributed by atoms with Gasteiger partial charge >= 0.3 is 0 Å². The van der Waals surface area contributed by atoms with Gasteiger partial charge in [0.25, 0.3) is 0 Å². The molecule has 0 aliphatic carbocycles. The van der Waals surface area contributed by atoms with Gasteiger partial charge in [0.1, 0.15) is 0 Å². The van der Waals surface area contributed by atoms with E-state index in [2.05, 4.69) is 24.8 Å². The normalized spacial score (nSPS) is 9.64. The lowest BCUT2D eigenvalue weighted by molar-refractivity contribution is 0.819. The summed E-state index contributed by atoms with van der Waals surface area (Å²) in [5, 5.41) is 0. The van der Waals surface area contributed by atoms with Crippen molar-refractivity contribution in [2.45, 2.75) is 19.8 Å². The largest absolute Gasteiger partial charge is 0.260 e. The second kappa shape index (κ2) is 3.21. The zero-order chi connectivity index (χ0) is 8.27. The first-order valence-corrected chi connectivity index (χ1v) is 3.67. The summed E-state index contributed by atoms with van der Waals surface area (Å²) in [5.41, 5.74) is 1.91. The summed E-state index contributed by atoms with van der Waals surface area (Å²) in [7, 11) is 0. The fourth-order valence-electron chi connectivity index (χ4n) is 1.000. The molecule has 0 aliphatic rings. The quantitative estimate of drug-likeness (QED) is 0.552. The van der Waals surface area contributed by atoms with Crippen LogP contribution in [0.15, 0.2) is 18.3 Å². The Bertz CT molecular complexity index is 281. The van der Waals surface area contributed by atoms with Crippen molar-refractivity contribution in [2.24, 2.45) is 0 Å².